The Morgan fingerprint density at radius 3 is 2.42 bits per heavy atom. The lowest BCUT2D eigenvalue weighted by Crippen LogP contribution is -2.05. The zero-order valence-corrected chi connectivity index (χ0v) is 11.6. The number of nitro groups is 1. The zero-order chi connectivity index (χ0) is 14.1. The number of nitrogens with one attached hydrogen (secondary N) is 1. The lowest BCUT2D eigenvalue weighted by atomic mass is 10.0. The predicted molar refractivity (Wildman–Crippen MR) is 75.1 cm³/mol. The van der Waals surface area contributed by atoms with Gasteiger partial charge in [-0.3, -0.25) is 10.1 Å². The van der Waals surface area contributed by atoms with Gasteiger partial charge in [0.15, 0.2) is 0 Å². The Hall–Kier alpha value is -1.72. The minimum atomic E-state index is -0.501. The number of unbranched alkanes of at least 4 members (excludes halogenated alkanes) is 3. The van der Waals surface area contributed by atoms with Crippen LogP contribution in [0.5, 0.6) is 0 Å². The first-order chi connectivity index (χ1) is 9.09. The molecule has 1 aromatic heterocycles. The highest BCUT2D eigenvalue weighted by Crippen LogP contribution is 2.10. The minimum Gasteiger partial charge on any atom is -0.354 e. The van der Waals surface area contributed by atoms with Crippen molar-refractivity contribution in [2.75, 3.05) is 11.9 Å². The van der Waals surface area contributed by atoms with Gasteiger partial charge in [0, 0.05) is 6.54 Å². The van der Waals surface area contributed by atoms with E-state index < -0.39 is 4.92 Å². The van der Waals surface area contributed by atoms with Crippen molar-refractivity contribution < 1.29 is 4.92 Å². The molecule has 0 fully saturated rings. The van der Waals surface area contributed by atoms with Crippen molar-refractivity contribution in [1.82, 2.24) is 9.97 Å². The predicted octanol–water partition coefficient (Wildman–Crippen LogP) is 3.40. The molecule has 0 aliphatic carbocycles. The zero-order valence-electron chi connectivity index (χ0n) is 11.6. The number of nitrogens with zero attached hydrogens (tertiary/aromatic N) is 3. The molecule has 0 radical (unpaired) electrons. The summed E-state index contributed by atoms with van der Waals surface area (Å²) in [6, 6.07) is 0. The summed E-state index contributed by atoms with van der Waals surface area (Å²) in [4.78, 5) is 17.7. The van der Waals surface area contributed by atoms with Crippen molar-refractivity contribution in [3.63, 3.8) is 0 Å². The summed E-state index contributed by atoms with van der Waals surface area (Å²) in [6.45, 7) is 5.29. The van der Waals surface area contributed by atoms with Crippen LogP contribution in [0.2, 0.25) is 0 Å². The van der Waals surface area contributed by atoms with Crippen molar-refractivity contribution in [1.29, 1.82) is 0 Å². The average molecular weight is 266 g/mol. The molecule has 0 amide bonds. The highest BCUT2D eigenvalue weighted by atomic mass is 16.6. The second-order valence-electron chi connectivity index (χ2n) is 5.05. The van der Waals surface area contributed by atoms with Gasteiger partial charge in [0.2, 0.25) is 5.95 Å². The summed E-state index contributed by atoms with van der Waals surface area (Å²) in [5.74, 6) is 1.24. The Kier molecular flexibility index (Phi) is 6.78. The molecule has 0 aromatic carbocycles. The van der Waals surface area contributed by atoms with Gasteiger partial charge in [-0.25, -0.2) is 9.97 Å². The van der Waals surface area contributed by atoms with Gasteiger partial charge in [-0.05, 0) is 12.3 Å². The molecule has 1 aromatic rings. The third-order valence-corrected chi connectivity index (χ3v) is 2.84. The van der Waals surface area contributed by atoms with Gasteiger partial charge in [-0.15, -0.1) is 0 Å². The molecular weight excluding hydrogens is 244 g/mol. The minimum absolute atomic E-state index is 0.0840. The number of aromatic nitrogens is 2. The van der Waals surface area contributed by atoms with E-state index in [1.54, 1.807) is 0 Å². The molecule has 0 spiro atoms. The topological polar surface area (TPSA) is 81.0 Å². The van der Waals surface area contributed by atoms with E-state index in [9.17, 15) is 10.1 Å². The van der Waals surface area contributed by atoms with Crippen LogP contribution in [0.3, 0.4) is 0 Å². The van der Waals surface area contributed by atoms with Crippen molar-refractivity contribution in [3.8, 4) is 0 Å². The number of hydrogen-bond acceptors (Lipinski definition) is 5. The first-order valence-corrected chi connectivity index (χ1v) is 6.80. The molecule has 6 heteroatoms. The fraction of sp³-hybridized carbons (Fsp3) is 0.692. The molecule has 0 aliphatic heterocycles. The normalized spacial score (nSPS) is 10.7. The first-order valence-electron chi connectivity index (χ1n) is 6.80. The van der Waals surface area contributed by atoms with E-state index in [-0.39, 0.29) is 5.69 Å². The van der Waals surface area contributed by atoms with Gasteiger partial charge in [-0.1, -0.05) is 39.5 Å². The third-order valence-electron chi connectivity index (χ3n) is 2.84. The summed E-state index contributed by atoms with van der Waals surface area (Å²) >= 11 is 0. The fourth-order valence-corrected chi connectivity index (χ4v) is 1.74. The summed E-state index contributed by atoms with van der Waals surface area (Å²) < 4.78 is 0. The Labute approximate surface area is 113 Å². The molecule has 19 heavy (non-hydrogen) atoms. The van der Waals surface area contributed by atoms with Crippen molar-refractivity contribution in [3.05, 3.63) is 22.5 Å². The molecule has 6 nitrogen and oxygen atoms in total. The molecule has 1 heterocycles. The molecule has 0 saturated heterocycles. The molecule has 1 rings (SSSR count). The van der Waals surface area contributed by atoms with Crippen LogP contribution in [0.15, 0.2) is 12.4 Å². The lowest BCUT2D eigenvalue weighted by Gasteiger charge is -2.05. The summed E-state index contributed by atoms with van der Waals surface area (Å²) in [6.07, 6.45) is 8.52. The van der Waals surface area contributed by atoms with Crippen LogP contribution in [0.4, 0.5) is 11.6 Å². The summed E-state index contributed by atoms with van der Waals surface area (Å²) in [5, 5.41) is 13.5. The van der Waals surface area contributed by atoms with E-state index in [2.05, 4.69) is 29.1 Å². The first kappa shape index (κ1) is 15.3. The fourth-order valence-electron chi connectivity index (χ4n) is 1.74. The maximum atomic E-state index is 10.4. The van der Waals surface area contributed by atoms with E-state index >= 15 is 0 Å². The van der Waals surface area contributed by atoms with Gasteiger partial charge in [0.05, 0.1) is 4.92 Å². The maximum absolute atomic E-state index is 10.4. The third kappa shape index (κ3) is 6.69. The molecular formula is C13H22N4O2. The van der Waals surface area contributed by atoms with Crippen LogP contribution in [-0.4, -0.2) is 21.4 Å². The monoisotopic (exact) mass is 266 g/mol. The van der Waals surface area contributed by atoms with Crippen LogP contribution >= 0.6 is 0 Å². The maximum Gasteiger partial charge on any atom is 0.305 e. The number of anilines is 1. The molecule has 1 N–H and O–H groups in total. The van der Waals surface area contributed by atoms with Crippen molar-refractivity contribution in [2.45, 2.75) is 46.0 Å². The van der Waals surface area contributed by atoms with Crippen LogP contribution in [0.25, 0.3) is 0 Å². The molecule has 0 atom stereocenters. The molecule has 0 bridgehead atoms. The smallest absolute Gasteiger partial charge is 0.305 e. The van der Waals surface area contributed by atoms with E-state index in [1.165, 1.54) is 38.1 Å². The number of hydrogen-bond donors (Lipinski definition) is 1. The second-order valence-corrected chi connectivity index (χ2v) is 5.05. The van der Waals surface area contributed by atoms with Gasteiger partial charge < -0.3 is 5.32 Å². The molecule has 0 saturated carbocycles. The standard InChI is InChI=1S/C13H22N4O2/c1-11(2)7-5-3-4-6-8-14-13-15-9-12(10-16-13)17(18)19/h9-11H,3-8H2,1-2H3,(H,14,15,16). The Morgan fingerprint density at radius 1 is 1.21 bits per heavy atom. The Balaban J connectivity index is 2.11. The molecule has 0 unspecified atom stereocenters. The average Bonchev–Trinajstić information content (AvgIpc) is 2.38. The van der Waals surface area contributed by atoms with Gasteiger partial charge >= 0.3 is 5.69 Å². The van der Waals surface area contributed by atoms with Crippen molar-refractivity contribution in [2.24, 2.45) is 5.92 Å². The highest BCUT2D eigenvalue weighted by molar-refractivity contribution is 5.30. The quantitative estimate of drug-likeness (QED) is 0.421. The summed E-state index contributed by atoms with van der Waals surface area (Å²) in [7, 11) is 0. The van der Waals surface area contributed by atoms with Crippen LogP contribution in [0.1, 0.15) is 46.0 Å². The molecule has 0 aliphatic rings. The van der Waals surface area contributed by atoms with Crippen LogP contribution in [-0.2, 0) is 0 Å². The van der Waals surface area contributed by atoms with E-state index in [0.29, 0.717) is 5.95 Å². The van der Waals surface area contributed by atoms with Gasteiger partial charge in [0.1, 0.15) is 12.4 Å². The van der Waals surface area contributed by atoms with Gasteiger partial charge in [0.25, 0.3) is 0 Å². The van der Waals surface area contributed by atoms with Crippen LogP contribution < -0.4 is 5.32 Å². The lowest BCUT2D eigenvalue weighted by molar-refractivity contribution is -0.385. The molecule has 106 valence electrons. The Bertz CT molecular complexity index is 379. The van der Waals surface area contributed by atoms with E-state index in [0.717, 1.165) is 18.9 Å². The van der Waals surface area contributed by atoms with Crippen LogP contribution in [0, 0.1) is 16.0 Å². The highest BCUT2D eigenvalue weighted by Gasteiger charge is 2.05. The number of rotatable bonds is 9. The van der Waals surface area contributed by atoms with Gasteiger partial charge in [-0.2, -0.15) is 0 Å². The Morgan fingerprint density at radius 2 is 1.84 bits per heavy atom. The summed E-state index contributed by atoms with van der Waals surface area (Å²) in [5.41, 5.74) is -0.0840. The van der Waals surface area contributed by atoms with E-state index in [4.69, 9.17) is 0 Å². The second kappa shape index (κ2) is 8.39. The largest absolute Gasteiger partial charge is 0.354 e. The van der Waals surface area contributed by atoms with Crippen molar-refractivity contribution >= 4 is 11.6 Å². The van der Waals surface area contributed by atoms with E-state index in [1.807, 2.05) is 0 Å². The SMILES string of the molecule is CC(C)CCCCCCNc1ncc([N+](=O)[O-])cn1.